The highest BCUT2D eigenvalue weighted by Gasteiger charge is 1.97. The van der Waals surface area contributed by atoms with Crippen molar-refractivity contribution >= 4 is 5.97 Å². The molecular weight excluding hydrogens is 262 g/mol. The lowest BCUT2D eigenvalue weighted by Crippen LogP contribution is -2.12. The third-order valence-corrected chi connectivity index (χ3v) is 4.00. The third-order valence-electron chi connectivity index (χ3n) is 4.00. The summed E-state index contributed by atoms with van der Waals surface area (Å²) in [5, 5.41) is 8.53. The van der Waals surface area contributed by atoms with Gasteiger partial charge in [-0.25, -0.2) is 0 Å². The highest BCUT2D eigenvalue weighted by Crippen LogP contribution is 2.12. The van der Waals surface area contributed by atoms with Crippen molar-refractivity contribution in [2.24, 2.45) is 0 Å². The molecule has 0 saturated heterocycles. The minimum Gasteiger partial charge on any atom is -0.481 e. The first-order valence-corrected chi connectivity index (χ1v) is 8.99. The smallest absolute Gasteiger partial charge is 0.303 e. The van der Waals surface area contributed by atoms with Gasteiger partial charge in [-0.1, -0.05) is 70.6 Å². The molecule has 21 heavy (non-hydrogen) atoms. The number of unbranched alkanes of at least 4 members (excludes halogenated alkanes) is 12. The number of carbonyl (C=O) groups is 1. The van der Waals surface area contributed by atoms with E-state index in [9.17, 15) is 4.79 Å². The molecule has 0 unspecified atom stereocenters. The van der Waals surface area contributed by atoms with Crippen LogP contribution in [0.15, 0.2) is 0 Å². The Morgan fingerprint density at radius 3 is 1.33 bits per heavy atom. The summed E-state index contributed by atoms with van der Waals surface area (Å²) in [5.74, 6) is -0.656. The summed E-state index contributed by atoms with van der Waals surface area (Å²) in [4.78, 5) is 12.6. The minimum absolute atomic E-state index is 0.342. The van der Waals surface area contributed by atoms with Crippen LogP contribution in [0.2, 0.25) is 0 Å². The zero-order chi connectivity index (χ0) is 15.8. The van der Waals surface area contributed by atoms with E-state index < -0.39 is 5.97 Å². The van der Waals surface area contributed by atoms with Crippen molar-refractivity contribution in [3.8, 4) is 0 Å². The Kier molecular flexibility index (Phi) is 15.4. The van der Waals surface area contributed by atoms with Crippen molar-refractivity contribution in [1.29, 1.82) is 0 Å². The van der Waals surface area contributed by atoms with Gasteiger partial charge in [-0.15, -0.1) is 0 Å². The lowest BCUT2D eigenvalue weighted by atomic mass is 10.0. The fourth-order valence-corrected chi connectivity index (χ4v) is 2.65. The second-order valence-corrected chi connectivity index (χ2v) is 6.54. The van der Waals surface area contributed by atoms with Crippen molar-refractivity contribution in [2.45, 2.75) is 89.9 Å². The molecule has 0 bridgehead atoms. The van der Waals surface area contributed by atoms with Crippen LogP contribution in [0.1, 0.15) is 89.9 Å². The number of rotatable bonds is 16. The van der Waals surface area contributed by atoms with E-state index >= 15 is 0 Å². The molecule has 0 fully saturated rings. The molecule has 0 atom stereocenters. The molecule has 0 aromatic heterocycles. The number of nitrogens with zero attached hydrogens (tertiary/aromatic N) is 1. The van der Waals surface area contributed by atoms with Crippen molar-refractivity contribution < 1.29 is 9.90 Å². The Morgan fingerprint density at radius 1 is 0.667 bits per heavy atom. The van der Waals surface area contributed by atoms with Crippen LogP contribution in [0.4, 0.5) is 0 Å². The van der Waals surface area contributed by atoms with Crippen molar-refractivity contribution in [3.63, 3.8) is 0 Å². The summed E-state index contributed by atoms with van der Waals surface area (Å²) < 4.78 is 0. The van der Waals surface area contributed by atoms with Gasteiger partial charge in [0.15, 0.2) is 0 Å². The molecule has 0 aromatic rings. The first-order chi connectivity index (χ1) is 10.1. The van der Waals surface area contributed by atoms with Gasteiger partial charge in [0.2, 0.25) is 0 Å². The predicted molar refractivity (Wildman–Crippen MR) is 90.8 cm³/mol. The Labute approximate surface area is 132 Å². The molecular formula is C18H37NO2. The van der Waals surface area contributed by atoms with Crippen LogP contribution in [-0.4, -0.2) is 36.6 Å². The average Bonchev–Trinajstić information content (AvgIpc) is 2.42. The highest BCUT2D eigenvalue weighted by molar-refractivity contribution is 5.66. The van der Waals surface area contributed by atoms with Gasteiger partial charge < -0.3 is 10.0 Å². The van der Waals surface area contributed by atoms with E-state index in [1.807, 2.05) is 0 Å². The second kappa shape index (κ2) is 15.8. The molecule has 0 aromatic carbocycles. The molecule has 0 radical (unpaired) electrons. The van der Waals surface area contributed by atoms with Crippen molar-refractivity contribution in [1.82, 2.24) is 4.90 Å². The minimum atomic E-state index is -0.656. The van der Waals surface area contributed by atoms with Crippen molar-refractivity contribution in [2.75, 3.05) is 20.6 Å². The van der Waals surface area contributed by atoms with Gasteiger partial charge in [-0.2, -0.15) is 0 Å². The quantitative estimate of drug-likeness (QED) is 0.403. The molecule has 3 heteroatoms. The molecule has 0 aliphatic heterocycles. The molecule has 0 heterocycles. The van der Waals surface area contributed by atoms with Crippen LogP contribution in [0.3, 0.4) is 0 Å². The predicted octanol–water partition coefficient (Wildman–Crippen LogP) is 5.09. The summed E-state index contributed by atoms with van der Waals surface area (Å²) in [6.07, 6.45) is 17.2. The Balaban J connectivity index is 2.98. The average molecular weight is 299 g/mol. The number of hydrogen-bond donors (Lipinski definition) is 1. The third kappa shape index (κ3) is 19.4. The van der Waals surface area contributed by atoms with E-state index in [0.717, 1.165) is 12.8 Å². The van der Waals surface area contributed by atoms with E-state index in [0.29, 0.717) is 6.42 Å². The van der Waals surface area contributed by atoms with Gasteiger partial charge in [-0.05, 0) is 33.5 Å². The molecule has 126 valence electrons. The molecule has 0 rings (SSSR count). The van der Waals surface area contributed by atoms with Gasteiger partial charge in [0, 0.05) is 6.42 Å². The van der Waals surface area contributed by atoms with Crippen LogP contribution in [0.25, 0.3) is 0 Å². The van der Waals surface area contributed by atoms with Gasteiger partial charge in [0.25, 0.3) is 0 Å². The molecule has 0 spiro atoms. The summed E-state index contributed by atoms with van der Waals surface area (Å²) >= 11 is 0. The van der Waals surface area contributed by atoms with Gasteiger partial charge in [0.1, 0.15) is 0 Å². The van der Waals surface area contributed by atoms with E-state index in [4.69, 9.17) is 5.11 Å². The van der Waals surface area contributed by atoms with E-state index in [2.05, 4.69) is 19.0 Å². The summed E-state index contributed by atoms with van der Waals surface area (Å²) in [5.41, 5.74) is 0. The zero-order valence-electron chi connectivity index (χ0n) is 14.4. The number of aliphatic carboxylic acids is 1. The molecule has 0 saturated carbocycles. The monoisotopic (exact) mass is 299 g/mol. The maximum atomic E-state index is 10.3. The van der Waals surface area contributed by atoms with E-state index in [1.54, 1.807) is 0 Å². The van der Waals surface area contributed by atoms with E-state index in [-0.39, 0.29) is 0 Å². The zero-order valence-corrected chi connectivity index (χ0v) is 14.4. The standard InChI is InChI=1S/C18H37NO2/c1-19(2)17-15-13-11-9-7-5-3-4-6-8-10-12-14-16-18(20)21/h3-17H2,1-2H3,(H,20,21). The topological polar surface area (TPSA) is 40.5 Å². The summed E-state index contributed by atoms with van der Waals surface area (Å²) in [7, 11) is 4.29. The fraction of sp³-hybridized carbons (Fsp3) is 0.944. The number of carboxylic acids is 1. The van der Waals surface area contributed by atoms with Crippen LogP contribution in [0.5, 0.6) is 0 Å². The van der Waals surface area contributed by atoms with Gasteiger partial charge in [-0.3, -0.25) is 4.79 Å². The fourth-order valence-electron chi connectivity index (χ4n) is 2.65. The van der Waals surface area contributed by atoms with Gasteiger partial charge >= 0.3 is 5.97 Å². The maximum absolute atomic E-state index is 10.3. The van der Waals surface area contributed by atoms with Crippen LogP contribution in [0, 0.1) is 0 Å². The largest absolute Gasteiger partial charge is 0.481 e. The lowest BCUT2D eigenvalue weighted by Gasteiger charge is -2.08. The maximum Gasteiger partial charge on any atom is 0.303 e. The van der Waals surface area contributed by atoms with Gasteiger partial charge in [0.05, 0.1) is 0 Å². The molecule has 3 nitrogen and oxygen atoms in total. The highest BCUT2D eigenvalue weighted by atomic mass is 16.4. The number of hydrogen-bond acceptors (Lipinski definition) is 2. The second-order valence-electron chi connectivity index (χ2n) is 6.54. The lowest BCUT2D eigenvalue weighted by molar-refractivity contribution is -0.137. The Morgan fingerprint density at radius 2 is 1.00 bits per heavy atom. The Hall–Kier alpha value is -0.570. The summed E-state index contributed by atoms with van der Waals surface area (Å²) in [6.45, 7) is 1.23. The van der Waals surface area contributed by atoms with Crippen molar-refractivity contribution in [3.05, 3.63) is 0 Å². The normalized spacial score (nSPS) is 11.2. The molecule has 1 N–H and O–H groups in total. The molecule has 0 aliphatic carbocycles. The molecule has 0 aliphatic rings. The van der Waals surface area contributed by atoms with Crippen LogP contribution >= 0.6 is 0 Å². The van der Waals surface area contributed by atoms with Crippen LogP contribution in [-0.2, 0) is 4.79 Å². The number of carboxylic acid groups (broad SMARTS) is 1. The summed E-state index contributed by atoms with van der Waals surface area (Å²) in [6, 6.07) is 0. The SMILES string of the molecule is CN(C)CCCCCCCCCCCCCCCC(=O)O. The first-order valence-electron chi connectivity index (χ1n) is 8.99. The van der Waals surface area contributed by atoms with E-state index in [1.165, 1.54) is 77.2 Å². The molecule has 0 amide bonds. The van der Waals surface area contributed by atoms with Crippen LogP contribution < -0.4 is 0 Å². The first kappa shape index (κ1) is 20.4. The Bertz CT molecular complexity index is 229.